The average molecular weight is 864 g/mol. The van der Waals surface area contributed by atoms with Crippen LogP contribution in [0.25, 0.3) is 44.6 Å². The van der Waals surface area contributed by atoms with E-state index in [0.717, 1.165) is 69.5 Å². The van der Waals surface area contributed by atoms with Crippen molar-refractivity contribution >= 4 is 49.4 Å². The van der Waals surface area contributed by atoms with E-state index in [1.807, 2.05) is 68.6 Å². The second-order valence-electron chi connectivity index (χ2n) is 17.1. The third kappa shape index (κ3) is 7.67. The van der Waals surface area contributed by atoms with Gasteiger partial charge in [0.1, 0.15) is 11.0 Å². The number of rotatable bonds is 12. The van der Waals surface area contributed by atoms with Crippen LogP contribution in [0.4, 0.5) is 20.3 Å². The number of carbonyl (C=O) groups excluding carboxylic acids is 1. The molecule has 16 heteroatoms. The molecule has 322 valence electrons. The number of halogens is 2. The Kier molecular flexibility index (Phi) is 10.4. The molecule has 0 bridgehead atoms. The minimum atomic E-state index is -3.66. The van der Waals surface area contributed by atoms with Gasteiger partial charge in [-0.2, -0.15) is 8.78 Å². The highest BCUT2D eigenvalue weighted by Crippen LogP contribution is 2.47. The summed E-state index contributed by atoms with van der Waals surface area (Å²) in [5, 5.41) is 14.0. The third-order valence-corrected chi connectivity index (χ3v) is 14.8. The molecule has 62 heavy (non-hydrogen) atoms. The van der Waals surface area contributed by atoms with Crippen molar-refractivity contribution in [3.8, 4) is 28.3 Å². The molecular formula is C46H47F2N7O6S. The number of β-amino-alcohol motifs (C(OH)–C–C–N with tert-alkyl or cyclic N) is 1. The predicted octanol–water partition coefficient (Wildman–Crippen LogP) is 7.55. The molecule has 13 nitrogen and oxygen atoms in total. The van der Waals surface area contributed by atoms with Gasteiger partial charge in [-0.1, -0.05) is 24.3 Å². The molecule has 2 aliphatic heterocycles. The first-order valence-electron chi connectivity index (χ1n) is 21.2. The molecule has 4 aliphatic rings. The largest absolute Gasteiger partial charge is 0.432 e. The monoisotopic (exact) mass is 863 g/mol. The second-order valence-corrected chi connectivity index (χ2v) is 19.1. The van der Waals surface area contributed by atoms with Crippen LogP contribution >= 0.6 is 0 Å². The standard InChI is InChI=1S/C46H47F2N7O6S/c1-25-32(33-6-4-8-37(26(33)2)51-43-40-28(13-16-49-43)19-27(21-50-40)22-54-17-15-30(56)24-54)5-3-7-34(25)45-52-38-20-36-35(41(42(38)60-45)61-46(47)48)11-12-39(36)55-18-14-29(23-55)44(57)53-62(58,59)31-9-10-31/h3-8,13,16,19-21,29-31,39,46,56H,9-12,14-15,17-18,22-24H2,1-2H3,(H,49,51)(H,53,57)/t29-,30-,39-/m1/s1. The first-order chi connectivity index (χ1) is 29.9. The summed E-state index contributed by atoms with van der Waals surface area (Å²) in [6, 6.07) is 17.6. The minimum Gasteiger partial charge on any atom is -0.432 e. The highest BCUT2D eigenvalue weighted by molar-refractivity contribution is 7.90. The molecule has 10 rings (SSSR count). The van der Waals surface area contributed by atoms with Gasteiger partial charge in [0, 0.05) is 66.8 Å². The zero-order valence-corrected chi connectivity index (χ0v) is 35.2. The highest BCUT2D eigenvalue weighted by Gasteiger charge is 2.42. The number of aliphatic hydroxyl groups excluding tert-OH is 1. The zero-order valence-electron chi connectivity index (χ0n) is 34.4. The van der Waals surface area contributed by atoms with Crippen molar-refractivity contribution in [2.45, 2.75) is 82.9 Å². The van der Waals surface area contributed by atoms with Crippen LogP contribution in [0.15, 0.2) is 71.4 Å². The number of carbonyl (C=O) groups is 1. The number of likely N-dealkylation sites (tertiary alicyclic amines) is 2. The van der Waals surface area contributed by atoms with Crippen LogP contribution in [0.3, 0.4) is 0 Å². The smallest absolute Gasteiger partial charge is 0.387 e. The first-order valence-corrected chi connectivity index (χ1v) is 22.8. The fourth-order valence-electron chi connectivity index (χ4n) is 9.61. The van der Waals surface area contributed by atoms with E-state index in [2.05, 4.69) is 30.9 Å². The molecule has 2 saturated heterocycles. The van der Waals surface area contributed by atoms with Crippen LogP contribution in [0.1, 0.15) is 66.0 Å². The molecule has 2 aliphatic carbocycles. The lowest BCUT2D eigenvalue weighted by molar-refractivity contribution is -0.122. The maximum absolute atomic E-state index is 14.1. The molecule has 3 aromatic carbocycles. The number of alkyl halides is 2. The lowest BCUT2D eigenvalue weighted by Gasteiger charge is -2.25. The number of sulfonamides is 1. The van der Waals surface area contributed by atoms with Crippen molar-refractivity contribution in [2.75, 3.05) is 31.5 Å². The summed E-state index contributed by atoms with van der Waals surface area (Å²) in [5.41, 5.74) is 9.11. The van der Waals surface area contributed by atoms with E-state index < -0.39 is 33.7 Å². The van der Waals surface area contributed by atoms with E-state index >= 15 is 0 Å². The van der Waals surface area contributed by atoms with E-state index in [9.17, 15) is 27.1 Å². The number of fused-ring (bicyclic) bond motifs is 3. The summed E-state index contributed by atoms with van der Waals surface area (Å²) in [7, 11) is -3.66. The Morgan fingerprint density at radius 2 is 1.76 bits per heavy atom. The van der Waals surface area contributed by atoms with Gasteiger partial charge in [0.25, 0.3) is 0 Å². The number of pyridine rings is 2. The van der Waals surface area contributed by atoms with E-state index in [-0.39, 0.29) is 29.4 Å². The Balaban J connectivity index is 0.924. The fraction of sp³-hybridized carbons (Fsp3) is 0.391. The molecule has 3 N–H and O–H groups in total. The molecule has 0 unspecified atom stereocenters. The SMILES string of the molecule is Cc1c(Nc2nccc3cc(CN4CC[C@@H](O)C4)cnc23)cccc1-c1cccc(-c2nc3cc4c(c(OC(F)F)c3o2)CC[C@H]4N2CC[C@@H](C(=O)NS(=O)(=O)C3CC3)C2)c1C. The Morgan fingerprint density at radius 1 is 0.968 bits per heavy atom. The quantitative estimate of drug-likeness (QED) is 0.111. The van der Waals surface area contributed by atoms with Crippen LogP contribution in [0.2, 0.25) is 0 Å². The molecular weight excluding hydrogens is 817 g/mol. The van der Waals surface area contributed by atoms with E-state index in [0.29, 0.717) is 74.2 Å². The Morgan fingerprint density at radius 3 is 2.53 bits per heavy atom. The van der Waals surface area contributed by atoms with E-state index in [1.54, 1.807) is 6.20 Å². The number of aromatic nitrogens is 3. The molecule has 3 aromatic heterocycles. The Bertz CT molecular complexity index is 2850. The molecule has 0 spiro atoms. The number of anilines is 2. The molecule has 0 radical (unpaired) electrons. The summed E-state index contributed by atoms with van der Waals surface area (Å²) >= 11 is 0. The summed E-state index contributed by atoms with van der Waals surface area (Å²) in [6.45, 7) is 4.10. The predicted molar refractivity (Wildman–Crippen MR) is 231 cm³/mol. The van der Waals surface area contributed by atoms with Gasteiger partial charge in [0.05, 0.1) is 17.3 Å². The van der Waals surface area contributed by atoms with Gasteiger partial charge in [-0.3, -0.25) is 24.3 Å². The van der Waals surface area contributed by atoms with Crippen molar-refractivity contribution in [1.29, 1.82) is 0 Å². The first kappa shape index (κ1) is 40.5. The average Bonchev–Trinajstić information content (AvgIpc) is 3.51. The van der Waals surface area contributed by atoms with Crippen LogP contribution < -0.4 is 14.8 Å². The van der Waals surface area contributed by atoms with Crippen LogP contribution in [0, 0.1) is 19.8 Å². The Hall–Kier alpha value is -5.55. The van der Waals surface area contributed by atoms with Gasteiger partial charge in [-0.15, -0.1) is 0 Å². The normalized spacial score (nSPS) is 20.7. The second kappa shape index (κ2) is 16.0. The number of benzene rings is 3. The number of hydrogen-bond donors (Lipinski definition) is 3. The summed E-state index contributed by atoms with van der Waals surface area (Å²) in [5.74, 6) is -0.110. The number of aliphatic hydroxyl groups is 1. The molecule has 3 fully saturated rings. The number of hydrogen-bond acceptors (Lipinski definition) is 12. The van der Waals surface area contributed by atoms with Crippen LogP contribution in [-0.2, 0) is 27.8 Å². The van der Waals surface area contributed by atoms with Gasteiger partial charge < -0.3 is 19.6 Å². The molecule has 1 saturated carbocycles. The van der Waals surface area contributed by atoms with Crippen LogP contribution in [-0.4, -0.2) is 88.3 Å². The van der Waals surface area contributed by atoms with Gasteiger partial charge >= 0.3 is 6.61 Å². The number of amides is 1. The molecule has 3 atom stereocenters. The van der Waals surface area contributed by atoms with Crippen molar-refractivity contribution in [2.24, 2.45) is 5.92 Å². The number of ether oxygens (including phenoxy) is 1. The molecule has 1 amide bonds. The summed E-state index contributed by atoms with van der Waals surface area (Å²) in [4.78, 5) is 31.7. The maximum Gasteiger partial charge on any atom is 0.387 e. The lowest BCUT2D eigenvalue weighted by Crippen LogP contribution is -2.38. The van der Waals surface area contributed by atoms with Crippen molar-refractivity contribution in [3.05, 3.63) is 94.8 Å². The maximum atomic E-state index is 14.1. The van der Waals surface area contributed by atoms with Gasteiger partial charge in [0.2, 0.25) is 21.8 Å². The van der Waals surface area contributed by atoms with Gasteiger partial charge in [0.15, 0.2) is 17.2 Å². The van der Waals surface area contributed by atoms with E-state index in [4.69, 9.17) is 19.1 Å². The topological polar surface area (TPSA) is 163 Å². The van der Waals surface area contributed by atoms with Gasteiger partial charge in [-0.25, -0.2) is 18.4 Å². The molecule has 5 heterocycles. The van der Waals surface area contributed by atoms with Crippen molar-refractivity contribution in [1.82, 2.24) is 29.5 Å². The van der Waals surface area contributed by atoms with E-state index in [1.165, 1.54) is 0 Å². The Labute approximate surface area is 357 Å². The third-order valence-electron chi connectivity index (χ3n) is 13.0. The van der Waals surface area contributed by atoms with Crippen LogP contribution in [0.5, 0.6) is 5.75 Å². The minimum absolute atomic E-state index is 0.0274. The number of oxazole rings is 1. The number of nitrogens with zero attached hydrogens (tertiary/aromatic N) is 5. The number of nitrogens with one attached hydrogen (secondary N) is 2. The zero-order chi connectivity index (χ0) is 42.9. The summed E-state index contributed by atoms with van der Waals surface area (Å²) < 4.78 is 66.8. The fourth-order valence-corrected chi connectivity index (χ4v) is 11.0. The van der Waals surface area contributed by atoms with Crippen molar-refractivity contribution < 1.29 is 36.3 Å². The van der Waals surface area contributed by atoms with Crippen molar-refractivity contribution in [3.63, 3.8) is 0 Å². The highest BCUT2D eigenvalue weighted by atomic mass is 32.2. The lowest BCUT2D eigenvalue weighted by atomic mass is 9.93. The molecule has 6 aromatic rings. The van der Waals surface area contributed by atoms with Gasteiger partial charge in [-0.05, 0) is 123 Å². The summed E-state index contributed by atoms with van der Waals surface area (Å²) in [6.07, 6.45) is 6.85.